The van der Waals surface area contributed by atoms with E-state index in [9.17, 15) is 0 Å². The molecule has 0 aromatic heterocycles. The molecule has 0 aliphatic carbocycles. The highest BCUT2D eigenvalue weighted by Crippen LogP contribution is 2.29. The highest BCUT2D eigenvalue weighted by Gasteiger charge is 2.14. The van der Waals surface area contributed by atoms with E-state index in [0.717, 1.165) is 30.0 Å². The molecule has 1 N–H and O–H groups in total. The Kier molecular flexibility index (Phi) is 8.27. The van der Waals surface area contributed by atoms with E-state index in [1.807, 2.05) is 12.1 Å². The molecule has 0 aliphatic heterocycles. The van der Waals surface area contributed by atoms with Gasteiger partial charge in [0.2, 0.25) is 0 Å². The van der Waals surface area contributed by atoms with Crippen molar-refractivity contribution in [3.8, 4) is 11.5 Å². The van der Waals surface area contributed by atoms with Gasteiger partial charge in [-0.1, -0.05) is 42.8 Å². The van der Waals surface area contributed by atoms with Gasteiger partial charge in [0.25, 0.3) is 0 Å². The molecule has 0 heterocycles. The quantitative estimate of drug-likeness (QED) is 0.691. The van der Waals surface area contributed by atoms with E-state index in [-0.39, 0.29) is 17.9 Å². The molecule has 0 fully saturated rings. The average molecular weight is 364 g/mol. The zero-order chi connectivity index (χ0) is 17.6. The van der Waals surface area contributed by atoms with Crippen molar-refractivity contribution >= 4 is 12.4 Å². The van der Waals surface area contributed by atoms with Crippen LogP contribution in [0.1, 0.15) is 43.9 Å². The summed E-state index contributed by atoms with van der Waals surface area (Å²) < 4.78 is 11.4. The van der Waals surface area contributed by atoms with Crippen molar-refractivity contribution in [2.75, 3.05) is 7.11 Å². The Labute approximate surface area is 158 Å². The lowest BCUT2D eigenvalue weighted by Crippen LogP contribution is -2.37. The van der Waals surface area contributed by atoms with Crippen LogP contribution in [0.15, 0.2) is 42.5 Å². The molecule has 0 atom stereocenters. The Morgan fingerprint density at radius 1 is 0.960 bits per heavy atom. The number of nitrogens with one attached hydrogen (secondary N) is 1. The summed E-state index contributed by atoms with van der Waals surface area (Å²) in [6.07, 6.45) is 1.09. The summed E-state index contributed by atoms with van der Waals surface area (Å²) >= 11 is 0. The molecule has 2 aromatic rings. The zero-order valence-electron chi connectivity index (χ0n) is 15.9. The second kappa shape index (κ2) is 9.69. The van der Waals surface area contributed by atoms with Gasteiger partial charge in [0.05, 0.1) is 7.11 Å². The maximum Gasteiger partial charge on any atom is 0.161 e. The number of hydrogen-bond acceptors (Lipinski definition) is 3. The summed E-state index contributed by atoms with van der Waals surface area (Å²) in [5.41, 5.74) is 3.73. The third-order valence-electron chi connectivity index (χ3n) is 4.40. The van der Waals surface area contributed by atoms with E-state index in [1.165, 1.54) is 11.1 Å². The van der Waals surface area contributed by atoms with Gasteiger partial charge in [-0.2, -0.15) is 0 Å². The van der Waals surface area contributed by atoms with Crippen LogP contribution in [0.2, 0.25) is 0 Å². The lowest BCUT2D eigenvalue weighted by molar-refractivity contribution is 0.284. The Bertz CT molecular complexity index is 653. The van der Waals surface area contributed by atoms with Crippen molar-refractivity contribution in [3.05, 3.63) is 59.2 Å². The molecule has 0 saturated heterocycles. The van der Waals surface area contributed by atoms with Crippen LogP contribution in [0.3, 0.4) is 0 Å². The minimum atomic E-state index is 0. The second-order valence-corrected chi connectivity index (χ2v) is 6.85. The van der Waals surface area contributed by atoms with Crippen molar-refractivity contribution in [2.24, 2.45) is 0 Å². The molecule has 0 bridgehead atoms. The fraction of sp³-hybridized carbons (Fsp3) is 0.429. The number of ether oxygens (including phenoxy) is 2. The summed E-state index contributed by atoms with van der Waals surface area (Å²) in [5.74, 6) is 1.55. The van der Waals surface area contributed by atoms with E-state index in [0.29, 0.717) is 6.61 Å². The van der Waals surface area contributed by atoms with Crippen molar-refractivity contribution in [2.45, 2.75) is 52.8 Å². The van der Waals surface area contributed by atoms with E-state index >= 15 is 0 Å². The predicted octanol–water partition coefficient (Wildman–Crippen LogP) is 5.28. The van der Waals surface area contributed by atoms with E-state index in [4.69, 9.17) is 9.47 Å². The molecule has 138 valence electrons. The SMILES string of the molecule is CCC(C)(C)NCc1ccc(OCc2ccc(C)cc2)c(OC)c1.Cl. The van der Waals surface area contributed by atoms with E-state index in [1.54, 1.807) is 7.11 Å². The lowest BCUT2D eigenvalue weighted by Gasteiger charge is -2.24. The molecule has 0 amide bonds. The first-order valence-corrected chi connectivity index (χ1v) is 8.54. The number of hydrogen-bond donors (Lipinski definition) is 1. The van der Waals surface area contributed by atoms with Crippen LogP contribution in [0.4, 0.5) is 0 Å². The summed E-state index contributed by atoms with van der Waals surface area (Å²) in [7, 11) is 1.68. The van der Waals surface area contributed by atoms with Gasteiger partial charge in [-0.05, 0) is 50.5 Å². The first-order valence-electron chi connectivity index (χ1n) is 8.54. The molecular formula is C21H30ClNO2. The van der Waals surface area contributed by atoms with Crippen LogP contribution in [-0.2, 0) is 13.2 Å². The average Bonchev–Trinajstić information content (AvgIpc) is 2.60. The van der Waals surface area contributed by atoms with Crippen LogP contribution < -0.4 is 14.8 Å². The number of benzene rings is 2. The van der Waals surface area contributed by atoms with Crippen molar-refractivity contribution in [3.63, 3.8) is 0 Å². The highest BCUT2D eigenvalue weighted by molar-refractivity contribution is 5.85. The van der Waals surface area contributed by atoms with Gasteiger partial charge in [-0.25, -0.2) is 0 Å². The molecule has 25 heavy (non-hydrogen) atoms. The third-order valence-corrected chi connectivity index (χ3v) is 4.40. The highest BCUT2D eigenvalue weighted by atomic mass is 35.5. The smallest absolute Gasteiger partial charge is 0.161 e. The Morgan fingerprint density at radius 2 is 1.60 bits per heavy atom. The van der Waals surface area contributed by atoms with Gasteiger partial charge < -0.3 is 14.8 Å². The first-order chi connectivity index (χ1) is 11.4. The number of halogens is 1. The summed E-state index contributed by atoms with van der Waals surface area (Å²) in [6, 6.07) is 14.5. The van der Waals surface area contributed by atoms with Gasteiger partial charge in [-0.3, -0.25) is 0 Å². The Morgan fingerprint density at radius 3 is 2.20 bits per heavy atom. The van der Waals surface area contributed by atoms with Gasteiger partial charge in [0.15, 0.2) is 11.5 Å². The van der Waals surface area contributed by atoms with Crippen molar-refractivity contribution in [1.29, 1.82) is 0 Å². The van der Waals surface area contributed by atoms with Gasteiger partial charge in [0.1, 0.15) is 6.61 Å². The molecule has 0 saturated carbocycles. The minimum Gasteiger partial charge on any atom is -0.493 e. The van der Waals surface area contributed by atoms with Crippen LogP contribution >= 0.6 is 12.4 Å². The van der Waals surface area contributed by atoms with E-state index < -0.39 is 0 Å². The van der Waals surface area contributed by atoms with Crippen LogP contribution in [0.25, 0.3) is 0 Å². The molecular weight excluding hydrogens is 334 g/mol. The van der Waals surface area contributed by atoms with E-state index in [2.05, 4.69) is 63.3 Å². The molecule has 0 unspecified atom stereocenters. The largest absolute Gasteiger partial charge is 0.493 e. The standard InChI is InChI=1S/C21H29NO2.ClH/c1-6-21(3,4)22-14-18-11-12-19(20(13-18)23-5)24-15-17-9-7-16(2)8-10-17;/h7-13,22H,6,14-15H2,1-5H3;1H. The predicted molar refractivity (Wildman–Crippen MR) is 107 cm³/mol. The fourth-order valence-corrected chi connectivity index (χ4v) is 2.25. The normalized spacial score (nSPS) is 10.9. The molecule has 3 nitrogen and oxygen atoms in total. The molecule has 4 heteroatoms. The maximum atomic E-state index is 5.93. The monoisotopic (exact) mass is 363 g/mol. The second-order valence-electron chi connectivity index (χ2n) is 6.85. The maximum absolute atomic E-state index is 5.93. The third kappa shape index (κ3) is 6.60. The molecule has 2 aromatic carbocycles. The Hall–Kier alpha value is -1.71. The van der Waals surface area contributed by atoms with Crippen LogP contribution in [-0.4, -0.2) is 12.6 Å². The first kappa shape index (κ1) is 21.3. The fourth-order valence-electron chi connectivity index (χ4n) is 2.25. The lowest BCUT2D eigenvalue weighted by atomic mass is 10.0. The molecule has 0 aliphatic rings. The number of aryl methyl sites for hydroxylation is 1. The summed E-state index contributed by atoms with van der Waals surface area (Å²) in [4.78, 5) is 0. The van der Waals surface area contributed by atoms with Gasteiger partial charge in [0, 0.05) is 12.1 Å². The molecule has 0 radical (unpaired) electrons. The molecule has 0 spiro atoms. The van der Waals surface area contributed by atoms with Gasteiger partial charge >= 0.3 is 0 Å². The minimum absolute atomic E-state index is 0. The van der Waals surface area contributed by atoms with Crippen molar-refractivity contribution in [1.82, 2.24) is 5.32 Å². The topological polar surface area (TPSA) is 30.5 Å². The van der Waals surface area contributed by atoms with Crippen LogP contribution in [0.5, 0.6) is 11.5 Å². The Balaban J connectivity index is 0.00000312. The molecule has 2 rings (SSSR count). The van der Waals surface area contributed by atoms with Gasteiger partial charge in [-0.15, -0.1) is 12.4 Å². The van der Waals surface area contributed by atoms with Crippen molar-refractivity contribution < 1.29 is 9.47 Å². The summed E-state index contributed by atoms with van der Waals surface area (Å²) in [6.45, 7) is 10.1. The van der Waals surface area contributed by atoms with Crippen LogP contribution in [0, 0.1) is 6.92 Å². The number of rotatable bonds is 8. The number of methoxy groups -OCH3 is 1. The zero-order valence-corrected chi connectivity index (χ0v) is 16.7. The summed E-state index contributed by atoms with van der Waals surface area (Å²) in [5, 5.41) is 3.56.